The van der Waals surface area contributed by atoms with E-state index >= 15 is 0 Å². The monoisotopic (exact) mass is 417 g/mol. The van der Waals surface area contributed by atoms with Gasteiger partial charge in [-0.3, -0.25) is 4.79 Å². The molecule has 0 bridgehead atoms. The number of fused-ring (bicyclic) bond motifs is 1. The first-order chi connectivity index (χ1) is 14.1. The number of halogens is 1. The van der Waals surface area contributed by atoms with Gasteiger partial charge in [0.1, 0.15) is 45.9 Å². The molecular formula is C22H28ClN3O3+2. The zero-order chi connectivity index (χ0) is 20.2. The number of nitrogens with one attached hydrogen (secondary N) is 3. The van der Waals surface area contributed by atoms with Crippen LogP contribution in [0.25, 0.3) is 0 Å². The van der Waals surface area contributed by atoms with Gasteiger partial charge in [-0.1, -0.05) is 23.7 Å². The first-order valence-electron chi connectivity index (χ1n) is 10.2. The molecule has 1 atom stereocenters. The third-order valence-electron chi connectivity index (χ3n) is 5.78. The van der Waals surface area contributed by atoms with Crippen molar-refractivity contribution in [2.45, 2.75) is 19.5 Å². The second-order valence-electron chi connectivity index (χ2n) is 7.78. The Bertz CT molecular complexity index is 851. The van der Waals surface area contributed by atoms with Crippen LogP contribution < -0.4 is 24.6 Å². The van der Waals surface area contributed by atoms with Crippen LogP contribution in [0.5, 0.6) is 11.5 Å². The lowest BCUT2D eigenvalue weighted by atomic mass is 10.1. The summed E-state index contributed by atoms with van der Waals surface area (Å²) in [6, 6.07) is 13.5. The highest BCUT2D eigenvalue weighted by atomic mass is 35.5. The highest BCUT2D eigenvalue weighted by Crippen LogP contribution is 2.32. The summed E-state index contributed by atoms with van der Waals surface area (Å²) in [5, 5.41) is 3.80. The topological polar surface area (TPSA) is 56.4 Å². The molecule has 0 radical (unpaired) electrons. The molecule has 29 heavy (non-hydrogen) atoms. The molecule has 7 heteroatoms. The fourth-order valence-corrected chi connectivity index (χ4v) is 4.11. The molecular weight excluding hydrogens is 390 g/mol. The van der Waals surface area contributed by atoms with Gasteiger partial charge >= 0.3 is 0 Å². The Morgan fingerprint density at radius 1 is 1.03 bits per heavy atom. The van der Waals surface area contributed by atoms with Gasteiger partial charge in [0.2, 0.25) is 0 Å². The van der Waals surface area contributed by atoms with E-state index in [1.54, 1.807) is 4.90 Å². The van der Waals surface area contributed by atoms with E-state index in [1.807, 2.05) is 37.3 Å². The number of quaternary nitrogens is 2. The number of carbonyl (C=O) groups excluding carboxylic acids is 1. The summed E-state index contributed by atoms with van der Waals surface area (Å²) in [6.45, 7) is 8.18. The maximum absolute atomic E-state index is 12.8. The lowest BCUT2D eigenvalue weighted by molar-refractivity contribution is -1.02. The SMILES string of the molecule is C[C@@H](C(=O)Nc1ccc2c(c1)OCCO2)[NH+]1CC[NH+](Cc2ccc(Cl)cc2)CC1. The van der Waals surface area contributed by atoms with Gasteiger partial charge in [0.25, 0.3) is 5.91 Å². The van der Waals surface area contributed by atoms with Crippen LogP contribution in [0.4, 0.5) is 5.69 Å². The van der Waals surface area contributed by atoms with Gasteiger partial charge in [-0.05, 0) is 31.2 Å². The van der Waals surface area contributed by atoms with E-state index in [4.69, 9.17) is 21.1 Å². The molecule has 0 aromatic heterocycles. The van der Waals surface area contributed by atoms with Crippen LogP contribution in [0.15, 0.2) is 42.5 Å². The molecule has 3 N–H and O–H groups in total. The summed E-state index contributed by atoms with van der Waals surface area (Å²) < 4.78 is 11.1. The maximum atomic E-state index is 12.8. The third kappa shape index (κ3) is 5.01. The van der Waals surface area contributed by atoms with E-state index in [0.717, 1.165) is 49.2 Å². The van der Waals surface area contributed by atoms with Crippen molar-refractivity contribution in [3.05, 3.63) is 53.1 Å². The van der Waals surface area contributed by atoms with E-state index in [9.17, 15) is 4.79 Å². The number of piperazine rings is 1. The van der Waals surface area contributed by atoms with Crippen molar-refractivity contribution < 1.29 is 24.1 Å². The number of amides is 1. The molecule has 2 heterocycles. The molecule has 1 saturated heterocycles. The summed E-state index contributed by atoms with van der Waals surface area (Å²) in [7, 11) is 0. The molecule has 0 unspecified atom stereocenters. The van der Waals surface area contributed by atoms with Crippen molar-refractivity contribution in [1.29, 1.82) is 0 Å². The second-order valence-corrected chi connectivity index (χ2v) is 8.22. The largest absolute Gasteiger partial charge is 0.486 e. The standard InChI is InChI=1S/C22H26ClN3O3/c1-16(22(27)24-19-6-7-20-21(14-19)29-13-12-28-20)26-10-8-25(9-11-26)15-17-2-4-18(23)5-3-17/h2-7,14,16H,8-13,15H2,1H3,(H,24,27)/p+2/t16-/m0/s1. The lowest BCUT2D eigenvalue weighted by Crippen LogP contribution is -3.29. The van der Waals surface area contributed by atoms with Gasteiger partial charge in [0.15, 0.2) is 17.5 Å². The van der Waals surface area contributed by atoms with Gasteiger partial charge < -0.3 is 24.6 Å². The van der Waals surface area contributed by atoms with Crippen molar-refractivity contribution in [3.63, 3.8) is 0 Å². The van der Waals surface area contributed by atoms with Gasteiger partial charge in [0, 0.05) is 22.3 Å². The van der Waals surface area contributed by atoms with Crippen LogP contribution in [0.1, 0.15) is 12.5 Å². The minimum atomic E-state index is -0.0970. The van der Waals surface area contributed by atoms with Crippen molar-refractivity contribution >= 4 is 23.2 Å². The summed E-state index contributed by atoms with van der Waals surface area (Å²) in [4.78, 5) is 15.6. The van der Waals surface area contributed by atoms with Crippen LogP contribution in [0.2, 0.25) is 5.02 Å². The van der Waals surface area contributed by atoms with Crippen LogP contribution in [0, 0.1) is 0 Å². The number of anilines is 1. The van der Waals surface area contributed by atoms with E-state index in [0.29, 0.717) is 19.0 Å². The summed E-state index contributed by atoms with van der Waals surface area (Å²) in [6.07, 6.45) is 0. The fraction of sp³-hybridized carbons (Fsp3) is 0.409. The van der Waals surface area contributed by atoms with Crippen LogP contribution in [-0.4, -0.2) is 51.3 Å². The van der Waals surface area contributed by atoms with E-state index < -0.39 is 0 Å². The van der Waals surface area contributed by atoms with E-state index in [-0.39, 0.29) is 11.9 Å². The molecule has 4 rings (SSSR count). The quantitative estimate of drug-likeness (QED) is 0.661. The van der Waals surface area contributed by atoms with Gasteiger partial charge in [-0.25, -0.2) is 0 Å². The molecule has 2 aliphatic rings. The molecule has 0 aliphatic carbocycles. The van der Waals surface area contributed by atoms with Gasteiger partial charge in [-0.2, -0.15) is 0 Å². The van der Waals surface area contributed by atoms with E-state index in [1.165, 1.54) is 10.5 Å². The minimum absolute atomic E-state index is 0.0397. The summed E-state index contributed by atoms with van der Waals surface area (Å²) in [5.41, 5.74) is 2.05. The molecule has 1 amide bonds. The average Bonchev–Trinajstić information content (AvgIpc) is 2.75. The van der Waals surface area contributed by atoms with Crippen molar-refractivity contribution in [2.24, 2.45) is 0 Å². The highest BCUT2D eigenvalue weighted by molar-refractivity contribution is 6.30. The third-order valence-corrected chi connectivity index (χ3v) is 6.03. The number of hydrogen-bond acceptors (Lipinski definition) is 3. The average molecular weight is 418 g/mol. The van der Waals surface area contributed by atoms with Crippen molar-refractivity contribution in [2.75, 3.05) is 44.7 Å². The Balaban J connectivity index is 1.28. The molecule has 154 valence electrons. The molecule has 2 aromatic rings. The van der Waals surface area contributed by atoms with Crippen molar-refractivity contribution in [1.82, 2.24) is 0 Å². The minimum Gasteiger partial charge on any atom is -0.486 e. The predicted octanol–water partition coefficient (Wildman–Crippen LogP) is 0.422. The van der Waals surface area contributed by atoms with E-state index in [2.05, 4.69) is 17.4 Å². The smallest absolute Gasteiger partial charge is 0.282 e. The second kappa shape index (κ2) is 9.03. The normalized spacial score (nSPS) is 22.0. The highest BCUT2D eigenvalue weighted by Gasteiger charge is 2.31. The number of carbonyl (C=O) groups is 1. The zero-order valence-corrected chi connectivity index (χ0v) is 17.4. The zero-order valence-electron chi connectivity index (χ0n) is 16.7. The Hall–Kier alpha value is -2.28. The first-order valence-corrected chi connectivity index (χ1v) is 10.6. The Labute approximate surface area is 176 Å². The molecule has 0 spiro atoms. The molecule has 6 nitrogen and oxygen atoms in total. The Kier molecular flexibility index (Phi) is 6.23. The Morgan fingerprint density at radius 3 is 2.45 bits per heavy atom. The van der Waals surface area contributed by atoms with Crippen LogP contribution in [-0.2, 0) is 11.3 Å². The maximum Gasteiger partial charge on any atom is 0.282 e. The number of ether oxygens (including phenoxy) is 2. The molecule has 0 saturated carbocycles. The molecule has 2 aliphatic heterocycles. The van der Waals surface area contributed by atoms with Crippen LogP contribution >= 0.6 is 11.6 Å². The number of benzene rings is 2. The van der Waals surface area contributed by atoms with Crippen LogP contribution in [0.3, 0.4) is 0 Å². The van der Waals surface area contributed by atoms with Crippen molar-refractivity contribution in [3.8, 4) is 11.5 Å². The van der Waals surface area contributed by atoms with Gasteiger partial charge in [0.05, 0.1) is 0 Å². The summed E-state index contributed by atoms with van der Waals surface area (Å²) >= 11 is 5.97. The van der Waals surface area contributed by atoms with Gasteiger partial charge in [-0.15, -0.1) is 0 Å². The number of hydrogen-bond donors (Lipinski definition) is 3. The molecule has 1 fully saturated rings. The summed E-state index contributed by atoms with van der Waals surface area (Å²) in [5.74, 6) is 1.46. The predicted molar refractivity (Wildman–Crippen MR) is 112 cm³/mol. The number of rotatable bonds is 5. The lowest BCUT2D eigenvalue weighted by Gasteiger charge is -2.32. The fourth-order valence-electron chi connectivity index (χ4n) is 3.98. The Morgan fingerprint density at radius 2 is 1.72 bits per heavy atom. The first kappa shape index (κ1) is 20.0. The molecule has 2 aromatic carbocycles.